The van der Waals surface area contributed by atoms with Crippen molar-refractivity contribution in [3.63, 3.8) is 0 Å². The van der Waals surface area contributed by atoms with Crippen LogP contribution in [0.3, 0.4) is 0 Å². The number of pyridine rings is 1. The summed E-state index contributed by atoms with van der Waals surface area (Å²) in [5.41, 5.74) is 2.05. The number of rotatable bonds is 5. The summed E-state index contributed by atoms with van der Waals surface area (Å²) in [5.74, 6) is -3.26. The molecule has 2 heterocycles. The Balaban J connectivity index is 1.89. The first-order valence-electron chi connectivity index (χ1n) is 10.3. The zero-order valence-electron chi connectivity index (χ0n) is 18.6. The Kier molecular flexibility index (Phi) is 7.20. The van der Waals surface area contributed by atoms with Crippen molar-refractivity contribution in [1.29, 1.82) is 0 Å². The number of fused-ring (bicyclic) bond motifs is 1. The number of anilines is 1. The number of benzene rings is 2. The summed E-state index contributed by atoms with van der Waals surface area (Å²) in [6, 6.07) is 11.8. The molecule has 0 atom stereocenters. The smallest absolute Gasteiger partial charge is 0.302 e. The molecule has 4 aromatic rings. The highest BCUT2D eigenvalue weighted by Gasteiger charge is 2.18. The van der Waals surface area contributed by atoms with E-state index in [0.29, 0.717) is 27.9 Å². The van der Waals surface area contributed by atoms with E-state index in [1.165, 1.54) is 19.2 Å². The fourth-order valence-electron chi connectivity index (χ4n) is 3.23. The van der Waals surface area contributed by atoms with Gasteiger partial charge in [-0.25, -0.2) is 13.8 Å². The van der Waals surface area contributed by atoms with Crippen molar-refractivity contribution in [2.45, 2.75) is 20.5 Å². The quantitative estimate of drug-likeness (QED) is 0.243. The largest absolute Gasteiger partial charge is 0.461 e. The maximum atomic E-state index is 13.7. The van der Waals surface area contributed by atoms with E-state index >= 15 is 0 Å². The third-order valence-corrected chi connectivity index (χ3v) is 5.68. The maximum absolute atomic E-state index is 13.7. The summed E-state index contributed by atoms with van der Waals surface area (Å²) in [6.45, 7) is 2.94. The molecule has 10 heteroatoms. The number of halogens is 3. The van der Waals surface area contributed by atoms with E-state index in [9.17, 15) is 18.4 Å². The van der Waals surface area contributed by atoms with Gasteiger partial charge in [0.15, 0.2) is 17.2 Å². The summed E-state index contributed by atoms with van der Waals surface area (Å²) in [7, 11) is 0. The van der Waals surface area contributed by atoms with Gasteiger partial charge < -0.3 is 14.5 Å². The number of carbonyl (C=O) groups excluding carboxylic acids is 2. The molecule has 0 radical (unpaired) electrons. The van der Waals surface area contributed by atoms with Gasteiger partial charge in [-0.05, 0) is 72.0 Å². The molecule has 2 aromatic carbocycles. The molecule has 1 amide bonds. The van der Waals surface area contributed by atoms with Gasteiger partial charge in [-0.3, -0.25) is 14.6 Å². The van der Waals surface area contributed by atoms with Crippen LogP contribution >= 0.6 is 22.6 Å². The average molecular weight is 589 g/mol. The number of nitrogens with zero attached hydrogens (tertiary/aromatic N) is 2. The summed E-state index contributed by atoms with van der Waals surface area (Å²) in [4.78, 5) is 33.4. The van der Waals surface area contributed by atoms with Gasteiger partial charge in [-0.15, -0.1) is 0 Å². The van der Waals surface area contributed by atoms with Crippen molar-refractivity contribution in [3.05, 3.63) is 92.3 Å². The van der Waals surface area contributed by atoms with Gasteiger partial charge in [0.05, 0.1) is 11.4 Å². The molecule has 0 spiro atoms. The van der Waals surface area contributed by atoms with Gasteiger partial charge in [-0.1, -0.05) is 0 Å². The molecule has 35 heavy (non-hydrogen) atoms. The second-order valence-corrected chi connectivity index (χ2v) is 8.77. The second kappa shape index (κ2) is 10.3. The average Bonchev–Trinajstić information content (AvgIpc) is 2.82. The van der Waals surface area contributed by atoms with Crippen LogP contribution in [0.4, 0.5) is 20.2 Å². The molecule has 0 aliphatic carbocycles. The van der Waals surface area contributed by atoms with E-state index in [-0.39, 0.29) is 23.4 Å². The highest BCUT2D eigenvalue weighted by molar-refractivity contribution is 14.1. The molecular formula is C25H18F2IN3O4. The van der Waals surface area contributed by atoms with Crippen molar-refractivity contribution in [3.8, 4) is 0 Å². The van der Waals surface area contributed by atoms with E-state index in [4.69, 9.17) is 9.15 Å². The molecule has 1 N–H and O–H groups in total. The lowest BCUT2D eigenvalue weighted by atomic mass is 10.1. The fraction of sp³-hybridized carbons (Fsp3) is 0.120. The van der Waals surface area contributed by atoms with Gasteiger partial charge in [0.25, 0.3) is 5.91 Å². The van der Waals surface area contributed by atoms with Crippen LogP contribution in [0.2, 0.25) is 0 Å². The second-order valence-electron chi connectivity index (χ2n) is 7.53. The monoisotopic (exact) mass is 589 g/mol. The summed E-state index contributed by atoms with van der Waals surface area (Å²) >= 11 is 2.16. The molecular weight excluding hydrogens is 571 g/mol. The van der Waals surface area contributed by atoms with Gasteiger partial charge in [0, 0.05) is 39.4 Å². The van der Waals surface area contributed by atoms with Crippen molar-refractivity contribution >= 4 is 56.8 Å². The lowest BCUT2D eigenvalue weighted by Gasteiger charge is -2.11. The Labute approximate surface area is 212 Å². The molecule has 7 nitrogen and oxygen atoms in total. The predicted molar refractivity (Wildman–Crippen MR) is 133 cm³/mol. The molecule has 4 rings (SSSR count). The summed E-state index contributed by atoms with van der Waals surface area (Å²) in [6.07, 6.45) is 1.53. The van der Waals surface area contributed by atoms with Crippen LogP contribution in [0.1, 0.15) is 28.5 Å². The Morgan fingerprint density at radius 3 is 2.54 bits per heavy atom. The first-order valence-corrected chi connectivity index (χ1v) is 11.4. The van der Waals surface area contributed by atoms with Gasteiger partial charge in [-0.2, -0.15) is 0 Å². The van der Waals surface area contributed by atoms with Crippen LogP contribution in [-0.4, -0.2) is 16.9 Å². The minimum absolute atomic E-state index is 0.00618. The molecule has 178 valence electrons. The Morgan fingerprint density at radius 1 is 1.11 bits per heavy atom. The Bertz CT molecular complexity index is 1520. The molecule has 0 saturated carbocycles. The summed E-state index contributed by atoms with van der Waals surface area (Å²) in [5, 5.41) is 3.04. The zero-order valence-corrected chi connectivity index (χ0v) is 20.7. The maximum Gasteiger partial charge on any atom is 0.302 e. The van der Waals surface area contributed by atoms with Crippen LogP contribution in [0.5, 0.6) is 0 Å². The molecule has 0 aliphatic heterocycles. The van der Waals surface area contributed by atoms with E-state index < -0.39 is 23.5 Å². The standard InChI is InChI=1S/C25H18F2IN3O4/c1-13-23-19(15(11-29-13)12-34-14(2)32)10-20(24(33)30-18-7-8-21(26)22(27)9-18)25(35-23)31-17-5-3-16(28)4-6-17/h3-11H,12H2,1-2H3,(H,30,33). The number of amides is 1. The third-order valence-electron chi connectivity index (χ3n) is 4.96. The van der Waals surface area contributed by atoms with Crippen LogP contribution < -0.4 is 10.9 Å². The lowest BCUT2D eigenvalue weighted by Crippen LogP contribution is -2.22. The van der Waals surface area contributed by atoms with Gasteiger partial charge in [0.1, 0.15) is 12.2 Å². The number of aromatic nitrogens is 1. The van der Waals surface area contributed by atoms with Crippen molar-refractivity contribution in [2.24, 2.45) is 4.99 Å². The van der Waals surface area contributed by atoms with Crippen LogP contribution in [0, 0.1) is 22.1 Å². The zero-order chi connectivity index (χ0) is 25.1. The topological polar surface area (TPSA) is 93.8 Å². The molecule has 0 aliphatic rings. The predicted octanol–water partition coefficient (Wildman–Crippen LogP) is 5.57. The number of nitrogens with one attached hydrogen (secondary N) is 1. The molecule has 0 fully saturated rings. The van der Waals surface area contributed by atoms with Crippen molar-refractivity contribution in [1.82, 2.24) is 4.98 Å². The molecule has 2 aromatic heterocycles. The minimum Gasteiger partial charge on any atom is -0.461 e. The van der Waals surface area contributed by atoms with E-state index in [1.54, 1.807) is 25.1 Å². The number of aryl methyl sites for hydroxylation is 1. The Hall–Kier alpha value is -3.67. The summed E-state index contributed by atoms with van der Waals surface area (Å²) < 4.78 is 39.1. The lowest BCUT2D eigenvalue weighted by molar-refractivity contribution is -0.142. The van der Waals surface area contributed by atoms with E-state index in [2.05, 4.69) is 37.9 Å². The minimum atomic E-state index is -1.10. The number of hydrogen-bond donors (Lipinski definition) is 1. The highest BCUT2D eigenvalue weighted by Crippen LogP contribution is 2.23. The molecule has 0 saturated heterocycles. The normalized spacial score (nSPS) is 11.5. The van der Waals surface area contributed by atoms with Crippen molar-refractivity contribution < 1.29 is 27.5 Å². The highest BCUT2D eigenvalue weighted by atomic mass is 127. The van der Waals surface area contributed by atoms with Gasteiger partial charge in [0.2, 0.25) is 5.55 Å². The van der Waals surface area contributed by atoms with Crippen LogP contribution in [0.15, 0.2) is 64.1 Å². The van der Waals surface area contributed by atoms with Crippen LogP contribution in [0.25, 0.3) is 11.0 Å². The number of esters is 1. The van der Waals surface area contributed by atoms with Crippen molar-refractivity contribution in [2.75, 3.05) is 5.32 Å². The third kappa shape index (κ3) is 5.70. The number of hydrogen-bond acceptors (Lipinski definition) is 6. The number of carbonyl (C=O) groups is 2. The van der Waals surface area contributed by atoms with E-state index in [1.807, 2.05) is 12.1 Å². The SMILES string of the molecule is CC(=O)OCc1cnc(C)c2oc(=Nc3ccc(I)cc3)c(C(=O)Nc3ccc(F)c(F)c3)cc12. The Morgan fingerprint density at radius 2 is 1.86 bits per heavy atom. The first kappa shape index (κ1) is 24.5. The first-order chi connectivity index (χ1) is 16.7. The van der Waals surface area contributed by atoms with Crippen LogP contribution in [-0.2, 0) is 16.1 Å². The van der Waals surface area contributed by atoms with E-state index in [0.717, 1.165) is 15.7 Å². The number of ether oxygens (including phenoxy) is 1. The molecule has 0 bridgehead atoms. The van der Waals surface area contributed by atoms with Gasteiger partial charge >= 0.3 is 5.97 Å². The fourth-order valence-corrected chi connectivity index (χ4v) is 3.59. The molecule has 0 unspecified atom stereocenters.